The SMILES string of the molecule is CN(C)CC1CC(O)CN1Cc1ccc(C(C)(C)C)cc1. The topological polar surface area (TPSA) is 26.7 Å². The van der Waals surface area contributed by atoms with Gasteiger partial charge in [0.25, 0.3) is 0 Å². The van der Waals surface area contributed by atoms with Crippen LogP contribution >= 0.6 is 0 Å². The van der Waals surface area contributed by atoms with Crippen LogP contribution in [0.15, 0.2) is 24.3 Å². The van der Waals surface area contributed by atoms with Crippen LogP contribution in [0, 0.1) is 0 Å². The summed E-state index contributed by atoms with van der Waals surface area (Å²) in [5, 5.41) is 9.95. The van der Waals surface area contributed by atoms with Crippen molar-refractivity contribution in [3.63, 3.8) is 0 Å². The number of nitrogens with zero attached hydrogens (tertiary/aromatic N) is 2. The first-order valence-corrected chi connectivity index (χ1v) is 7.92. The van der Waals surface area contributed by atoms with Crippen LogP contribution in [0.25, 0.3) is 0 Å². The van der Waals surface area contributed by atoms with E-state index in [0.29, 0.717) is 6.04 Å². The molecule has 1 saturated heterocycles. The molecule has 1 N–H and O–H groups in total. The molecule has 0 aliphatic carbocycles. The first-order valence-electron chi connectivity index (χ1n) is 7.92. The highest BCUT2D eigenvalue weighted by molar-refractivity contribution is 5.27. The van der Waals surface area contributed by atoms with Crippen LogP contribution in [-0.4, -0.2) is 54.2 Å². The lowest BCUT2D eigenvalue weighted by atomic mass is 9.87. The van der Waals surface area contributed by atoms with Gasteiger partial charge in [-0.2, -0.15) is 0 Å². The summed E-state index contributed by atoms with van der Waals surface area (Å²) < 4.78 is 0. The van der Waals surface area contributed by atoms with Gasteiger partial charge < -0.3 is 10.0 Å². The van der Waals surface area contributed by atoms with Gasteiger partial charge in [0.05, 0.1) is 6.10 Å². The molecule has 3 nitrogen and oxygen atoms in total. The fraction of sp³-hybridized carbons (Fsp3) is 0.667. The quantitative estimate of drug-likeness (QED) is 0.923. The number of β-amino-alcohol motifs (C(OH)–C–C–N with tert-alkyl or cyclic N) is 1. The summed E-state index contributed by atoms with van der Waals surface area (Å²) in [6.07, 6.45) is 0.710. The lowest BCUT2D eigenvalue weighted by molar-refractivity contribution is 0.169. The van der Waals surface area contributed by atoms with Crippen LogP contribution in [0.4, 0.5) is 0 Å². The second kappa shape index (κ2) is 6.47. The number of benzene rings is 1. The number of rotatable bonds is 4. The Morgan fingerprint density at radius 1 is 1.19 bits per heavy atom. The van der Waals surface area contributed by atoms with Gasteiger partial charge in [0.1, 0.15) is 0 Å². The van der Waals surface area contributed by atoms with Gasteiger partial charge in [-0.25, -0.2) is 0 Å². The zero-order chi connectivity index (χ0) is 15.6. The molecule has 0 amide bonds. The third-order valence-corrected chi connectivity index (χ3v) is 4.29. The summed E-state index contributed by atoms with van der Waals surface area (Å²) in [6.45, 7) is 9.46. The van der Waals surface area contributed by atoms with Gasteiger partial charge in [0, 0.05) is 25.7 Å². The van der Waals surface area contributed by atoms with Gasteiger partial charge >= 0.3 is 0 Å². The highest BCUT2D eigenvalue weighted by atomic mass is 16.3. The molecule has 0 radical (unpaired) electrons. The van der Waals surface area contributed by atoms with Gasteiger partial charge in [-0.05, 0) is 37.1 Å². The summed E-state index contributed by atoms with van der Waals surface area (Å²) >= 11 is 0. The van der Waals surface area contributed by atoms with Crippen molar-refractivity contribution in [1.82, 2.24) is 9.80 Å². The predicted octanol–water partition coefficient (Wildman–Crippen LogP) is 2.48. The van der Waals surface area contributed by atoms with Gasteiger partial charge in [-0.3, -0.25) is 4.90 Å². The van der Waals surface area contributed by atoms with Crippen molar-refractivity contribution < 1.29 is 5.11 Å². The van der Waals surface area contributed by atoms with Gasteiger partial charge in [-0.1, -0.05) is 45.0 Å². The second-order valence-electron chi connectivity index (χ2n) is 7.68. The molecule has 2 unspecified atom stereocenters. The van der Waals surface area contributed by atoms with Crippen molar-refractivity contribution >= 4 is 0 Å². The molecule has 2 atom stereocenters. The highest BCUT2D eigenvalue weighted by Crippen LogP contribution is 2.24. The lowest BCUT2D eigenvalue weighted by Crippen LogP contribution is -2.37. The second-order valence-corrected chi connectivity index (χ2v) is 7.68. The van der Waals surface area contributed by atoms with Crippen molar-refractivity contribution in [2.45, 2.75) is 51.3 Å². The Hall–Kier alpha value is -0.900. The third-order valence-electron chi connectivity index (χ3n) is 4.29. The summed E-state index contributed by atoms with van der Waals surface area (Å²) in [6, 6.07) is 9.40. The van der Waals surface area contributed by atoms with Gasteiger partial charge in [0.15, 0.2) is 0 Å². The minimum atomic E-state index is -0.177. The van der Waals surface area contributed by atoms with Crippen molar-refractivity contribution in [3.05, 3.63) is 35.4 Å². The van der Waals surface area contributed by atoms with Crippen LogP contribution < -0.4 is 0 Å². The zero-order valence-corrected chi connectivity index (χ0v) is 14.1. The molecule has 21 heavy (non-hydrogen) atoms. The van der Waals surface area contributed by atoms with E-state index in [1.54, 1.807) is 0 Å². The molecule has 1 fully saturated rings. The molecule has 1 aromatic rings. The van der Waals surface area contributed by atoms with Crippen molar-refractivity contribution in [1.29, 1.82) is 0 Å². The van der Waals surface area contributed by atoms with Crippen molar-refractivity contribution in [2.24, 2.45) is 0 Å². The number of likely N-dealkylation sites (N-methyl/N-ethyl adjacent to an activating group) is 1. The molecule has 118 valence electrons. The smallest absolute Gasteiger partial charge is 0.0682 e. The molecule has 0 aromatic heterocycles. The fourth-order valence-electron chi connectivity index (χ4n) is 3.11. The maximum atomic E-state index is 9.95. The zero-order valence-electron chi connectivity index (χ0n) is 14.1. The van der Waals surface area contributed by atoms with E-state index < -0.39 is 0 Å². The maximum Gasteiger partial charge on any atom is 0.0682 e. The Bertz CT molecular complexity index is 447. The minimum absolute atomic E-state index is 0.177. The average Bonchev–Trinajstić information content (AvgIpc) is 2.68. The van der Waals surface area contributed by atoms with E-state index in [4.69, 9.17) is 0 Å². The Morgan fingerprint density at radius 3 is 2.33 bits per heavy atom. The largest absolute Gasteiger partial charge is 0.392 e. The molecule has 1 aliphatic heterocycles. The van der Waals surface area contributed by atoms with Crippen LogP contribution in [0.2, 0.25) is 0 Å². The number of hydrogen-bond donors (Lipinski definition) is 1. The number of aliphatic hydroxyl groups is 1. The summed E-state index contributed by atoms with van der Waals surface area (Å²) in [5.74, 6) is 0. The fourth-order valence-corrected chi connectivity index (χ4v) is 3.11. The van der Waals surface area contributed by atoms with E-state index in [0.717, 1.165) is 26.1 Å². The van der Waals surface area contributed by atoms with E-state index in [9.17, 15) is 5.11 Å². The molecule has 3 heteroatoms. The van der Waals surface area contributed by atoms with Gasteiger partial charge in [0.2, 0.25) is 0 Å². The van der Waals surface area contributed by atoms with Crippen LogP contribution in [0.3, 0.4) is 0 Å². The molecule has 0 spiro atoms. The third kappa shape index (κ3) is 4.53. The molecule has 1 aromatic carbocycles. The van der Waals surface area contributed by atoms with Crippen LogP contribution in [0.1, 0.15) is 38.3 Å². The summed E-state index contributed by atoms with van der Waals surface area (Å²) in [5.41, 5.74) is 2.91. The average molecular weight is 290 g/mol. The number of aliphatic hydroxyl groups excluding tert-OH is 1. The highest BCUT2D eigenvalue weighted by Gasteiger charge is 2.30. The molecular formula is C18H30N2O. The molecule has 0 bridgehead atoms. The van der Waals surface area contributed by atoms with E-state index >= 15 is 0 Å². The van der Waals surface area contributed by atoms with Crippen LogP contribution in [0.5, 0.6) is 0 Å². The normalized spacial score (nSPS) is 24.0. The van der Waals surface area contributed by atoms with E-state index in [1.165, 1.54) is 11.1 Å². The lowest BCUT2D eigenvalue weighted by Gasteiger charge is -2.27. The molecule has 0 saturated carbocycles. The molecule has 1 aliphatic rings. The Labute approximate surface area is 129 Å². The van der Waals surface area contributed by atoms with Crippen LogP contribution in [-0.2, 0) is 12.0 Å². The first-order chi connectivity index (χ1) is 9.75. The maximum absolute atomic E-state index is 9.95. The first kappa shape index (κ1) is 16.5. The Balaban J connectivity index is 2.03. The number of likely N-dealkylation sites (tertiary alicyclic amines) is 1. The molecule has 1 heterocycles. The summed E-state index contributed by atoms with van der Waals surface area (Å²) in [4.78, 5) is 4.62. The standard InChI is InChI=1S/C18H30N2O/c1-18(2,3)15-8-6-14(7-9-15)11-20-13-17(21)10-16(20)12-19(4)5/h6-9,16-17,21H,10-13H2,1-5H3. The molecule has 2 rings (SSSR count). The van der Waals surface area contributed by atoms with Crippen molar-refractivity contribution in [2.75, 3.05) is 27.2 Å². The van der Waals surface area contributed by atoms with E-state index in [2.05, 4.69) is 68.9 Å². The van der Waals surface area contributed by atoms with Crippen molar-refractivity contribution in [3.8, 4) is 0 Å². The summed E-state index contributed by atoms with van der Waals surface area (Å²) in [7, 11) is 4.20. The predicted molar refractivity (Wildman–Crippen MR) is 88.5 cm³/mol. The van der Waals surface area contributed by atoms with E-state index in [-0.39, 0.29) is 11.5 Å². The number of hydrogen-bond acceptors (Lipinski definition) is 3. The Morgan fingerprint density at radius 2 is 1.81 bits per heavy atom. The monoisotopic (exact) mass is 290 g/mol. The Kier molecular flexibility index (Phi) is 5.07. The molecular weight excluding hydrogens is 260 g/mol. The van der Waals surface area contributed by atoms with Gasteiger partial charge in [-0.15, -0.1) is 0 Å². The van der Waals surface area contributed by atoms with E-state index in [1.807, 2.05) is 0 Å². The minimum Gasteiger partial charge on any atom is -0.392 e.